The van der Waals surface area contributed by atoms with Crippen LogP contribution in [0.3, 0.4) is 0 Å². The number of thioether (sulfide) groups is 1. The number of rotatable bonds is 32. The Labute approximate surface area is 381 Å². The molecule has 65 heavy (non-hydrogen) atoms. The van der Waals surface area contributed by atoms with Gasteiger partial charge in [0.05, 0.1) is 19.5 Å². The van der Waals surface area contributed by atoms with Crippen molar-refractivity contribution in [1.82, 2.24) is 30.2 Å². The first-order valence-electron chi connectivity index (χ1n) is 21.3. The SMILES string of the molecule is CCCCCC/C=C\CCCCCCCC(=O)SCCNC(=O)CCNC(=O)[C@H](O)C(C)(C)COP(=O)(O)OP(=O)(O)OC[C@H]1O[C@@H](n2cnc3c(N)ncnc32)[C@H](O)[C@@H]1OP(=O)(O)O. The number of ether oxygens (including phenoxy) is 1. The van der Waals surface area contributed by atoms with E-state index in [1.54, 1.807) is 0 Å². The van der Waals surface area contributed by atoms with Crippen LogP contribution in [0.15, 0.2) is 24.8 Å². The number of phosphoric acid groups is 3. The quantitative estimate of drug-likeness (QED) is 0.0285. The third-order valence-corrected chi connectivity index (χ3v) is 13.9. The van der Waals surface area contributed by atoms with Gasteiger partial charge in [-0.15, -0.1) is 0 Å². The van der Waals surface area contributed by atoms with Gasteiger partial charge in [0.15, 0.2) is 22.8 Å². The van der Waals surface area contributed by atoms with Crippen molar-refractivity contribution >= 4 is 69.1 Å². The standard InChI is InChI=1S/C37H64N7O17P3S/c1-4-5-6-7-8-9-10-11-12-13-14-15-16-17-28(46)65-21-20-39-27(45)18-19-40-35(49)32(48)37(2,3)23-58-64(55,56)61-63(53,54)57-22-26-31(60-62(50,51)52)30(47)36(59-26)44-25-43-29-33(38)41-24-42-34(29)44/h9-10,24-26,30-32,36,47-48H,4-8,11-23H2,1-3H3,(H,39,45)(H,40,49)(H,53,54)(H,55,56)(H2,38,41,42)(H2,50,51,52)/b10-9-/t26-,30-,31-,32+,36-/m1/s1. The third-order valence-electron chi connectivity index (χ3n) is 9.91. The van der Waals surface area contributed by atoms with Gasteiger partial charge in [0, 0.05) is 37.1 Å². The molecule has 3 rings (SSSR count). The van der Waals surface area contributed by atoms with Crippen LogP contribution in [-0.2, 0) is 50.7 Å². The molecule has 0 spiro atoms. The molecule has 0 aliphatic carbocycles. The summed E-state index contributed by atoms with van der Waals surface area (Å²) >= 11 is 1.15. The number of aliphatic hydroxyl groups excluding tert-OH is 2. The van der Waals surface area contributed by atoms with E-state index in [-0.39, 0.29) is 41.6 Å². The Morgan fingerprint density at radius 1 is 0.923 bits per heavy atom. The third kappa shape index (κ3) is 20.6. The number of imidazole rings is 1. The number of hydrogen-bond acceptors (Lipinski definition) is 18. The fraction of sp³-hybridized carbons (Fsp3) is 0.730. The van der Waals surface area contributed by atoms with Gasteiger partial charge in [-0.2, -0.15) is 4.31 Å². The number of hydrogen-bond donors (Lipinski definition) is 9. The molecule has 1 aliphatic rings. The molecule has 1 saturated heterocycles. The first-order valence-corrected chi connectivity index (χ1v) is 26.8. The van der Waals surface area contributed by atoms with Gasteiger partial charge in [0.2, 0.25) is 11.8 Å². The highest BCUT2D eigenvalue weighted by atomic mass is 32.2. The van der Waals surface area contributed by atoms with Crippen LogP contribution in [0.25, 0.3) is 11.2 Å². The molecule has 24 nitrogen and oxygen atoms in total. The first kappa shape index (κ1) is 56.6. The van der Waals surface area contributed by atoms with Gasteiger partial charge in [-0.05, 0) is 32.1 Å². The van der Waals surface area contributed by atoms with E-state index >= 15 is 0 Å². The summed E-state index contributed by atoms with van der Waals surface area (Å²) in [6, 6.07) is 0. The van der Waals surface area contributed by atoms with Crippen LogP contribution >= 0.6 is 35.2 Å². The smallest absolute Gasteiger partial charge is 0.386 e. The van der Waals surface area contributed by atoms with Crippen LogP contribution < -0.4 is 16.4 Å². The predicted molar refractivity (Wildman–Crippen MR) is 237 cm³/mol. The van der Waals surface area contributed by atoms with Gasteiger partial charge in [0.1, 0.15) is 36.3 Å². The number of nitrogen functional groups attached to an aromatic ring is 1. The van der Waals surface area contributed by atoms with Crippen LogP contribution in [0, 0.1) is 5.41 Å². The molecule has 28 heteroatoms. The Morgan fingerprint density at radius 3 is 2.25 bits per heavy atom. The van der Waals surface area contributed by atoms with Gasteiger partial charge in [-0.25, -0.2) is 28.6 Å². The summed E-state index contributed by atoms with van der Waals surface area (Å²) in [5.41, 5.74) is 4.28. The number of unbranched alkanes of at least 4 members (excludes halogenated alkanes) is 9. The number of fused-ring (bicyclic) bond motifs is 1. The highest BCUT2D eigenvalue weighted by Crippen LogP contribution is 2.61. The number of phosphoric ester groups is 3. The van der Waals surface area contributed by atoms with E-state index < -0.39 is 84.6 Å². The van der Waals surface area contributed by atoms with E-state index in [9.17, 15) is 57.9 Å². The largest absolute Gasteiger partial charge is 0.481 e. The summed E-state index contributed by atoms with van der Waals surface area (Å²) in [7, 11) is -16.4. The van der Waals surface area contributed by atoms with Gasteiger partial charge in [-0.3, -0.25) is 32.5 Å². The van der Waals surface area contributed by atoms with E-state index in [0.29, 0.717) is 12.2 Å². The summed E-state index contributed by atoms with van der Waals surface area (Å²) < 4.78 is 62.4. The molecule has 2 aromatic heterocycles. The molecule has 0 radical (unpaired) electrons. The number of aromatic nitrogens is 4. The average molecular weight is 1000 g/mol. The summed E-state index contributed by atoms with van der Waals surface area (Å²) in [5, 5.41) is 26.6. The van der Waals surface area contributed by atoms with Crippen molar-refractivity contribution in [2.45, 2.75) is 135 Å². The lowest BCUT2D eigenvalue weighted by atomic mass is 9.87. The number of amides is 2. The fourth-order valence-corrected chi connectivity index (χ4v) is 9.90. The number of carbonyl (C=O) groups excluding carboxylic acids is 3. The molecule has 3 heterocycles. The van der Waals surface area contributed by atoms with Crippen molar-refractivity contribution in [2.24, 2.45) is 5.41 Å². The molecule has 10 N–H and O–H groups in total. The molecular formula is C37H64N7O17P3S. The van der Waals surface area contributed by atoms with Crippen LogP contribution in [0.5, 0.6) is 0 Å². The minimum absolute atomic E-state index is 0.0328. The Balaban J connectivity index is 1.33. The van der Waals surface area contributed by atoms with Gasteiger partial charge in [0.25, 0.3) is 0 Å². The average Bonchev–Trinajstić information content (AvgIpc) is 3.79. The van der Waals surface area contributed by atoms with Crippen molar-refractivity contribution < 1.29 is 80.5 Å². The van der Waals surface area contributed by atoms with E-state index in [2.05, 4.69) is 53.5 Å². The monoisotopic (exact) mass is 1000 g/mol. The number of nitrogens with one attached hydrogen (secondary N) is 2. The van der Waals surface area contributed by atoms with E-state index in [1.165, 1.54) is 39.5 Å². The van der Waals surface area contributed by atoms with Gasteiger partial charge >= 0.3 is 23.5 Å². The van der Waals surface area contributed by atoms with Crippen LogP contribution in [-0.4, -0.2) is 123 Å². The molecule has 7 atom stereocenters. The number of allylic oxidation sites excluding steroid dienone is 2. The molecule has 2 amide bonds. The van der Waals surface area contributed by atoms with E-state index in [4.69, 9.17) is 19.5 Å². The fourth-order valence-electron chi connectivity index (χ4n) is 6.35. The molecule has 1 aliphatic heterocycles. The summed E-state index contributed by atoms with van der Waals surface area (Å²) in [4.78, 5) is 88.2. The lowest BCUT2D eigenvalue weighted by Gasteiger charge is -2.30. The summed E-state index contributed by atoms with van der Waals surface area (Å²) in [6.07, 6.45) is 10.7. The molecule has 0 saturated carbocycles. The van der Waals surface area contributed by atoms with E-state index in [0.717, 1.165) is 73.9 Å². The van der Waals surface area contributed by atoms with Gasteiger partial charge in [-0.1, -0.05) is 83.2 Å². The maximum absolute atomic E-state index is 12.7. The minimum Gasteiger partial charge on any atom is -0.386 e. The number of carbonyl (C=O) groups is 3. The molecule has 370 valence electrons. The molecule has 1 fully saturated rings. The van der Waals surface area contributed by atoms with Crippen molar-refractivity contribution in [3.63, 3.8) is 0 Å². The normalized spacial score (nSPS) is 20.4. The molecule has 2 aromatic rings. The first-order chi connectivity index (χ1) is 30.6. The van der Waals surface area contributed by atoms with Crippen molar-refractivity contribution in [2.75, 3.05) is 37.8 Å². The second-order valence-corrected chi connectivity index (χ2v) is 21.3. The Morgan fingerprint density at radius 2 is 1.57 bits per heavy atom. The number of nitrogens with zero attached hydrogens (tertiary/aromatic N) is 4. The Bertz CT molecular complexity index is 2010. The number of nitrogens with two attached hydrogens (primary N) is 1. The zero-order valence-electron chi connectivity index (χ0n) is 36.7. The van der Waals surface area contributed by atoms with E-state index in [1.807, 2.05) is 0 Å². The Kier molecular flexibility index (Phi) is 23.8. The van der Waals surface area contributed by atoms with Crippen LogP contribution in [0.2, 0.25) is 0 Å². The van der Waals surface area contributed by atoms with Crippen molar-refractivity contribution in [1.29, 1.82) is 0 Å². The molecule has 0 aromatic carbocycles. The lowest BCUT2D eigenvalue weighted by molar-refractivity contribution is -0.137. The van der Waals surface area contributed by atoms with Crippen LogP contribution in [0.4, 0.5) is 5.82 Å². The predicted octanol–water partition coefficient (Wildman–Crippen LogP) is 3.92. The molecule has 0 bridgehead atoms. The Hall–Kier alpha value is -2.70. The topological polar surface area (TPSA) is 364 Å². The second-order valence-electron chi connectivity index (χ2n) is 15.9. The highest BCUT2D eigenvalue weighted by Gasteiger charge is 2.50. The van der Waals surface area contributed by atoms with Crippen molar-refractivity contribution in [3.8, 4) is 0 Å². The highest BCUT2D eigenvalue weighted by molar-refractivity contribution is 8.13. The maximum atomic E-state index is 12.7. The zero-order valence-corrected chi connectivity index (χ0v) is 40.2. The maximum Gasteiger partial charge on any atom is 0.481 e. The summed E-state index contributed by atoms with van der Waals surface area (Å²) in [6.45, 7) is 2.77. The number of aliphatic hydroxyl groups is 2. The van der Waals surface area contributed by atoms with Crippen molar-refractivity contribution in [3.05, 3.63) is 24.8 Å². The summed E-state index contributed by atoms with van der Waals surface area (Å²) in [5.74, 6) is -1.03. The molecular weight excluding hydrogens is 939 g/mol. The zero-order chi connectivity index (χ0) is 48.3. The lowest BCUT2D eigenvalue weighted by Crippen LogP contribution is -2.46. The molecule has 2 unspecified atom stereocenters. The second kappa shape index (κ2) is 27.3. The van der Waals surface area contributed by atoms with Crippen LogP contribution in [0.1, 0.15) is 110 Å². The number of anilines is 1. The minimum atomic E-state index is -5.57. The van der Waals surface area contributed by atoms with Gasteiger partial charge < -0.3 is 50.9 Å².